The van der Waals surface area contributed by atoms with Crippen LogP contribution in [0.5, 0.6) is 5.75 Å². The second-order valence-corrected chi connectivity index (χ2v) is 8.61. The number of rotatable bonds is 8. The zero-order chi connectivity index (χ0) is 23.4. The molecule has 8 nitrogen and oxygen atoms in total. The van der Waals surface area contributed by atoms with E-state index in [1.54, 1.807) is 11.8 Å². The van der Waals surface area contributed by atoms with Gasteiger partial charge in [0.05, 0.1) is 6.61 Å². The van der Waals surface area contributed by atoms with Gasteiger partial charge < -0.3 is 9.72 Å². The highest BCUT2D eigenvalue weighted by molar-refractivity contribution is 7.98. The molecule has 9 heteroatoms. The fourth-order valence-corrected chi connectivity index (χ4v) is 4.54. The van der Waals surface area contributed by atoms with Crippen LogP contribution >= 0.6 is 11.8 Å². The maximum absolute atomic E-state index is 11.7. The number of H-pyrrole nitrogens is 2. The molecule has 170 valence electrons. The van der Waals surface area contributed by atoms with Crippen molar-refractivity contribution < 1.29 is 4.74 Å². The summed E-state index contributed by atoms with van der Waals surface area (Å²) in [6.45, 7) is 6.71. The maximum Gasteiger partial charge on any atom is 0.325 e. The molecule has 0 fully saturated rings. The van der Waals surface area contributed by atoms with Gasteiger partial charge >= 0.3 is 5.69 Å². The number of aromatic nitrogens is 5. The quantitative estimate of drug-likeness (QED) is 0.387. The average Bonchev–Trinajstić information content (AvgIpc) is 3.16. The van der Waals surface area contributed by atoms with Crippen molar-refractivity contribution in [2.75, 3.05) is 6.61 Å². The van der Waals surface area contributed by atoms with Crippen LogP contribution in [0, 0.1) is 13.8 Å². The maximum atomic E-state index is 11.7. The number of hydrogen-bond donors (Lipinski definition) is 2. The highest BCUT2D eigenvalue weighted by atomic mass is 32.2. The van der Waals surface area contributed by atoms with Gasteiger partial charge in [-0.3, -0.25) is 14.3 Å². The molecule has 4 aromatic rings. The van der Waals surface area contributed by atoms with E-state index in [4.69, 9.17) is 4.74 Å². The second-order valence-electron chi connectivity index (χ2n) is 7.67. The molecule has 0 aliphatic carbocycles. The number of nitrogens with one attached hydrogen (secondary N) is 2. The molecule has 0 aliphatic heterocycles. The molecule has 0 amide bonds. The first-order valence-corrected chi connectivity index (χ1v) is 11.6. The Bertz CT molecular complexity index is 1340. The highest BCUT2D eigenvalue weighted by Crippen LogP contribution is 2.28. The predicted octanol–water partition coefficient (Wildman–Crippen LogP) is 3.54. The highest BCUT2D eigenvalue weighted by Gasteiger charge is 2.16. The zero-order valence-corrected chi connectivity index (χ0v) is 19.5. The monoisotopic (exact) mass is 463 g/mol. The van der Waals surface area contributed by atoms with Crippen LogP contribution in [0.3, 0.4) is 0 Å². The minimum atomic E-state index is -0.547. The largest absolute Gasteiger partial charge is 0.494 e. The Hall–Kier alpha value is -3.59. The number of thioether (sulfide) groups is 1. The summed E-state index contributed by atoms with van der Waals surface area (Å²) in [7, 11) is 0. The van der Waals surface area contributed by atoms with Gasteiger partial charge in [0.25, 0.3) is 5.56 Å². The molecule has 0 radical (unpaired) electrons. The Morgan fingerprint density at radius 3 is 2.52 bits per heavy atom. The molecule has 0 aliphatic rings. The summed E-state index contributed by atoms with van der Waals surface area (Å²) in [5.74, 6) is 2.13. The molecule has 2 aromatic carbocycles. The van der Waals surface area contributed by atoms with E-state index in [1.807, 2.05) is 35.8 Å². The van der Waals surface area contributed by atoms with Gasteiger partial charge in [0.15, 0.2) is 5.16 Å². The van der Waals surface area contributed by atoms with Crippen molar-refractivity contribution in [3.05, 3.63) is 97.6 Å². The molecule has 0 saturated carbocycles. The van der Waals surface area contributed by atoms with Crippen LogP contribution in [0.4, 0.5) is 0 Å². The molecule has 0 bridgehead atoms. The van der Waals surface area contributed by atoms with Crippen molar-refractivity contribution in [2.45, 2.75) is 38.1 Å². The third-order valence-corrected chi connectivity index (χ3v) is 6.11. The van der Waals surface area contributed by atoms with Crippen LogP contribution in [-0.2, 0) is 12.2 Å². The number of aryl methyl sites for hydroxylation is 2. The number of hydrogen-bond acceptors (Lipinski definition) is 6. The summed E-state index contributed by atoms with van der Waals surface area (Å²) in [5.41, 5.74) is 4.01. The van der Waals surface area contributed by atoms with E-state index in [2.05, 4.69) is 52.2 Å². The van der Waals surface area contributed by atoms with Crippen LogP contribution < -0.4 is 16.0 Å². The first-order valence-electron chi connectivity index (χ1n) is 10.6. The van der Waals surface area contributed by atoms with Gasteiger partial charge in [-0.1, -0.05) is 35.5 Å². The molecule has 4 rings (SSSR count). The van der Waals surface area contributed by atoms with Crippen LogP contribution in [0.2, 0.25) is 0 Å². The Balaban J connectivity index is 1.70. The number of ether oxygens (including phenoxy) is 1. The van der Waals surface area contributed by atoms with E-state index in [1.165, 1.54) is 22.8 Å². The van der Waals surface area contributed by atoms with Crippen molar-refractivity contribution in [1.82, 2.24) is 24.7 Å². The van der Waals surface area contributed by atoms with Crippen LogP contribution in [-0.4, -0.2) is 31.3 Å². The van der Waals surface area contributed by atoms with Crippen molar-refractivity contribution in [2.24, 2.45) is 0 Å². The van der Waals surface area contributed by atoms with Gasteiger partial charge in [0, 0.05) is 29.6 Å². The van der Waals surface area contributed by atoms with Crippen molar-refractivity contribution in [3.63, 3.8) is 0 Å². The fraction of sp³-hybridized carbons (Fsp3) is 0.250. The van der Waals surface area contributed by atoms with E-state index in [9.17, 15) is 9.59 Å². The standard InChI is InChI=1S/C24H25N5O3S/c1-4-32-20-9-7-19(8-10-20)29-21(12-18-13-22(30)26-23(31)25-18)27-28-24(29)33-14-17-11-15(2)5-6-16(17)3/h5-11,13H,4,12,14H2,1-3H3,(H2,25,26,30,31). The predicted molar refractivity (Wildman–Crippen MR) is 128 cm³/mol. The van der Waals surface area contributed by atoms with Crippen molar-refractivity contribution in [3.8, 4) is 11.4 Å². The molecular weight excluding hydrogens is 438 g/mol. The lowest BCUT2D eigenvalue weighted by Crippen LogP contribution is -2.23. The molecule has 0 spiro atoms. The molecular formula is C24H25N5O3S. The van der Waals surface area contributed by atoms with Gasteiger partial charge in [0.2, 0.25) is 0 Å². The smallest absolute Gasteiger partial charge is 0.325 e. The molecule has 0 saturated heterocycles. The summed E-state index contributed by atoms with van der Waals surface area (Å²) >= 11 is 1.59. The zero-order valence-electron chi connectivity index (χ0n) is 18.7. The van der Waals surface area contributed by atoms with E-state index >= 15 is 0 Å². The number of aromatic amines is 2. The minimum absolute atomic E-state index is 0.253. The second kappa shape index (κ2) is 9.91. The SMILES string of the molecule is CCOc1ccc(-n2c(Cc3cc(=O)[nH]c(=O)[nH]3)nnc2SCc2cc(C)ccc2C)cc1. The van der Waals surface area contributed by atoms with Crippen LogP contribution in [0.15, 0.2) is 63.3 Å². The fourth-order valence-electron chi connectivity index (χ4n) is 3.51. The van der Waals surface area contributed by atoms with E-state index in [-0.39, 0.29) is 6.42 Å². The lowest BCUT2D eigenvalue weighted by Gasteiger charge is -2.12. The summed E-state index contributed by atoms with van der Waals surface area (Å²) < 4.78 is 7.52. The summed E-state index contributed by atoms with van der Waals surface area (Å²) in [5, 5.41) is 9.54. The lowest BCUT2D eigenvalue weighted by atomic mass is 10.1. The van der Waals surface area contributed by atoms with E-state index in [0.717, 1.165) is 22.3 Å². The minimum Gasteiger partial charge on any atom is -0.494 e. The summed E-state index contributed by atoms with van der Waals surface area (Å²) in [6.07, 6.45) is 0.253. The topological polar surface area (TPSA) is 106 Å². The van der Waals surface area contributed by atoms with Crippen LogP contribution in [0.25, 0.3) is 5.69 Å². The first kappa shape index (κ1) is 22.6. The van der Waals surface area contributed by atoms with E-state index < -0.39 is 11.2 Å². The molecule has 0 atom stereocenters. The molecule has 0 unspecified atom stereocenters. The summed E-state index contributed by atoms with van der Waals surface area (Å²) in [6, 6.07) is 15.5. The normalized spacial score (nSPS) is 11.0. The Morgan fingerprint density at radius 2 is 1.79 bits per heavy atom. The molecule has 2 heterocycles. The van der Waals surface area contributed by atoms with Gasteiger partial charge in [0.1, 0.15) is 11.6 Å². The molecule has 2 aromatic heterocycles. The van der Waals surface area contributed by atoms with Gasteiger partial charge in [-0.25, -0.2) is 4.79 Å². The average molecular weight is 464 g/mol. The number of nitrogens with zero attached hydrogens (tertiary/aromatic N) is 3. The third kappa shape index (κ3) is 5.43. The summed E-state index contributed by atoms with van der Waals surface area (Å²) in [4.78, 5) is 28.3. The van der Waals surface area contributed by atoms with Crippen molar-refractivity contribution >= 4 is 11.8 Å². The van der Waals surface area contributed by atoms with Gasteiger partial charge in [-0.15, -0.1) is 10.2 Å². The first-order chi connectivity index (χ1) is 15.9. The van der Waals surface area contributed by atoms with Crippen LogP contribution in [0.1, 0.15) is 35.1 Å². The Labute approximate surface area is 195 Å². The number of benzene rings is 2. The van der Waals surface area contributed by atoms with Gasteiger partial charge in [-0.05, 0) is 56.2 Å². The van der Waals surface area contributed by atoms with Crippen molar-refractivity contribution in [1.29, 1.82) is 0 Å². The lowest BCUT2D eigenvalue weighted by molar-refractivity contribution is 0.340. The third-order valence-electron chi connectivity index (χ3n) is 5.13. The van der Waals surface area contributed by atoms with E-state index in [0.29, 0.717) is 18.1 Å². The molecule has 2 N–H and O–H groups in total. The Morgan fingerprint density at radius 1 is 1.00 bits per heavy atom. The Kier molecular flexibility index (Phi) is 6.79. The molecule has 33 heavy (non-hydrogen) atoms. The van der Waals surface area contributed by atoms with Gasteiger partial charge in [-0.2, -0.15) is 0 Å².